The summed E-state index contributed by atoms with van der Waals surface area (Å²) in [6.07, 6.45) is 1.21. The molecule has 2 aliphatic heterocycles. The fraction of sp³-hybridized carbons (Fsp3) is 0.727. The van der Waals surface area contributed by atoms with Crippen molar-refractivity contribution < 1.29 is 13.2 Å². The Morgan fingerprint density at radius 1 is 1.11 bits per heavy atom. The molecule has 0 amide bonds. The van der Waals surface area contributed by atoms with Gasteiger partial charge >= 0.3 is 6.18 Å². The fourth-order valence-electron chi connectivity index (χ4n) is 4.53. The molecule has 158 valence electrons. The molecule has 0 aliphatic carbocycles. The number of halogens is 3. The second-order valence-electron chi connectivity index (χ2n) is 9.61. The summed E-state index contributed by atoms with van der Waals surface area (Å²) in [7, 11) is 0. The van der Waals surface area contributed by atoms with Gasteiger partial charge in [-0.15, -0.1) is 0 Å². The van der Waals surface area contributed by atoms with E-state index in [0.29, 0.717) is 12.2 Å². The van der Waals surface area contributed by atoms with Crippen LogP contribution in [0.3, 0.4) is 0 Å². The molecule has 0 atom stereocenters. The van der Waals surface area contributed by atoms with Gasteiger partial charge in [-0.25, -0.2) is 0 Å². The van der Waals surface area contributed by atoms with E-state index in [2.05, 4.69) is 36.3 Å². The highest BCUT2D eigenvalue weighted by Crippen LogP contribution is 2.39. The van der Waals surface area contributed by atoms with Crippen molar-refractivity contribution in [3.05, 3.63) is 29.3 Å². The second-order valence-corrected chi connectivity index (χ2v) is 9.61. The largest absolute Gasteiger partial charge is 0.416 e. The minimum Gasteiger partial charge on any atom is -0.385 e. The lowest BCUT2D eigenvalue weighted by atomic mass is 9.85. The highest BCUT2D eigenvalue weighted by molar-refractivity contribution is 5.54. The number of piperidine rings is 1. The van der Waals surface area contributed by atoms with Crippen LogP contribution in [0.25, 0.3) is 0 Å². The smallest absolute Gasteiger partial charge is 0.385 e. The first-order valence-corrected chi connectivity index (χ1v) is 10.5. The molecule has 2 N–H and O–H groups in total. The van der Waals surface area contributed by atoms with Gasteiger partial charge in [-0.2, -0.15) is 13.2 Å². The van der Waals surface area contributed by atoms with Gasteiger partial charge < -0.3 is 10.6 Å². The summed E-state index contributed by atoms with van der Waals surface area (Å²) in [4.78, 5) is 2.52. The molecule has 2 saturated heterocycles. The highest BCUT2D eigenvalue weighted by atomic mass is 19.4. The molecule has 6 heteroatoms. The third kappa shape index (κ3) is 5.20. The predicted octanol–water partition coefficient (Wildman–Crippen LogP) is 5.27. The van der Waals surface area contributed by atoms with Crippen LogP contribution in [-0.2, 0) is 12.7 Å². The van der Waals surface area contributed by atoms with E-state index in [1.807, 2.05) is 0 Å². The van der Waals surface area contributed by atoms with Gasteiger partial charge in [0, 0.05) is 24.3 Å². The normalized spacial score (nSPS) is 20.6. The standard InChI is InChI=1S/C22H34F3N3/c1-20(2,3)8-13-27-19-15-18(22(23,24)25)6-5-17(19)16-28-14-4-7-21(28)9-11-26-12-10-21/h5-6,15,26-27H,4,7-14,16H2,1-3H3. The maximum Gasteiger partial charge on any atom is 0.416 e. The first-order chi connectivity index (χ1) is 13.1. The van der Waals surface area contributed by atoms with Crippen molar-refractivity contribution in [3.63, 3.8) is 0 Å². The molecule has 0 unspecified atom stereocenters. The van der Waals surface area contributed by atoms with Crippen molar-refractivity contribution in [2.24, 2.45) is 5.41 Å². The van der Waals surface area contributed by atoms with Crippen LogP contribution in [0, 0.1) is 5.41 Å². The maximum atomic E-state index is 13.3. The molecule has 1 aromatic carbocycles. The van der Waals surface area contributed by atoms with Crippen molar-refractivity contribution in [2.45, 2.75) is 71.1 Å². The first kappa shape index (κ1) is 21.4. The minimum absolute atomic E-state index is 0.142. The van der Waals surface area contributed by atoms with Gasteiger partial charge in [0.1, 0.15) is 0 Å². The third-order valence-electron chi connectivity index (χ3n) is 6.26. The number of anilines is 1. The van der Waals surface area contributed by atoms with Crippen molar-refractivity contribution >= 4 is 5.69 Å². The Hall–Kier alpha value is -1.27. The molecule has 1 spiro atoms. The van der Waals surface area contributed by atoms with Crippen molar-refractivity contribution in [1.82, 2.24) is 10.2 Å². The number of hydrogen-bond acceptors (Lipinski definition) is 3. The molecule has 2 heterocycles. The summed E-state index contributed by atoms with van der Waals surface area (Å²) in [5, 5.41) is 6.74. The molecule has 0 aromatic heterocycles. The zero-order valence-corrected chi connectivity index (χ0v) is 17.4. The number of rotatable bonds is 5. The van der Waals surface area contributed by atoms with Crippen LogP contribution in [0.1, 0.15) is 64.0 Å². The van der Waals surface area contributed by atoms with Crippen LogP contribution in [0.2, 0.25) is 0 Å². The maximum absolute atomic E-state index is 13.3. The molecule has 0 bridgehead atoms. The van der Waals surface area contributed by atoms with E-state index in [1.165, 1.54) is 25.0 Å². The summed E-state index contributed by atoms with van der Waals surface area (Å²) in [5.74, 6) is 0. The molecular formula is C22H34F3N3. The van der Waals surface area contributed by atoms with Crippen molar-refractivity contribution in [1.29, 1.82) is 0 Å². The lowest BCUT2D eigenvalue weighted by Crippen LogP contribution is -2.50. The Morgan fingerprint density at radius 2 is 1.82 bits per heavy atom. The van der Waals surface area contributed by atoms with Crippen LogP contribution < -0.4 is 10.6 Å². The van der Waals surface area contributed by atoms with E-state index in [-0.39, 0.29) is 11.0 Å². The van der Waals surface area contributed by atoms with Gasteiger partial charge in [0.15, 0.2) is 0 Å². The highest BCUT2D eigenvalue weighted by Gasteiger charge is 2.41. The average molecular weight is 398 g/mol. The number of benzene rings is 1. The molecular weight excluding hydrogens is 363 g/mol. The van der Waals surface area contributed by atoms with E-state index in [9.17, 15) is 13.2 Å². The van der Waals surface area contributed by atoms with Crippen LogP contribution in [0.4, 0.5) is 18.9 Å². The van der Waals surface area contributed by atoms with Gasteiger partial charge in [-0.3, -0.25) is 4.90 Å². The quantitative estimate of drug-likeness (QED) is 0.709. The van der Waals surface area contributed by atoms with Crippen molar-refractivity contribution in [3.8, 4) is 0 Å². The van der Waals surface area contributed by atoms with E-state index in [4.69, 9.17) is 0 Å². The van der Waals surface area contributed by atoms with Crippen LogP contribution >= 0.6 is 0 Å². The summed E-state index contributed by atoms with van der Waals surface area (Å²) in [6, 6.07) is 4.20. The van der Waals surface area contributed by atoms with Crippen LogP contribution in [0.15, 0.2) is 18.2 Å². The molecule has 0 radical (unpaired) electrons. The van der Waals surface area contributed by atoms with Gasteiger partial charge in [0.2, 0.25) is 0 Å². The van der Waals surface area contributed by atoms with E-state index < -0.39 is 11.7 Å². The molecule has 3 rings (SSSR count). The molecule has 2 fully saturated rings. The average Bonchev–Trinajstić information content (AvgIpc) is 2.96. The van der Waals surface area contributed by atoms with Crippen LogP contribution in [-0.4, -0.2) is 36.6 Å². The molecule has 0 saturated carbocycles. The van der Waals surface area contributed by atoms with E-state index >= 15 is 0 Å². The Bertz CT molecular complexity index is 658. The summed E-state index contributed by atoms with van der Waals surface area (Å²) in [5.41, 5.74) is 1.39. The van der Waals surface area contributed by atoms with Gasteiger partial charge in [-0.1, -0.05) is 26.8 Å². The van der Waals surface area contributed by atoms with Gasteiger partial charge in [-0.05, 0) is 74.8 Å². The number of alkyl halides is 3. The van der Waals surface area contributed by atoms with Gasteiger partial charge in [0.25, 0.3) is 0 Å². The molecule has 1 aromatic rings. The summed E-state index contributed by atoms with van der Waals surface area (Å²) >= 11 is 0. The molecule has 28 heavy (non-hydrogen) atoms. The topological polar surface area (TPSA) is 27.3 Å². The SMILES string of the molecule is CC(C)(C)CCNc1cc(C(F)(F)F)ccc1CN1CCCC12CCNCC2. The number of nitrogens with zero attached hydrogens (tertiary/aromatic N) is 1. The lowest BCUT2D eigenvalue weighted by Gasteiger charge is -2.42. The van der Waals surface area contributed by atoms with E-state index in [0.717, 1.165) is 51.0 Å². The fourth-order valence-corrected chi connectivity index (χ4v) is 4.53. The monoisotopic (exact) mass is 397 g/mol. The van der Waals surface area contributed by atoms with Gasteiger partial charge in [0.05, 0.1) is 5.56 Å². The zero-order valence-electron chi connectivity index (χ0n) is 17.4. The second kappa shape index (κ2) is 8.23. The number of hydrogen-bond donors (Lipinski definition) is 2. The minimum atomic E-state index is -4.32. The molecule has 3 nitrogen and oxygen atoms in total. The number of nitrogens with one attached hydrogen (secondary N) is 2. The lowest BCUT2D eigenvalue weighted by molar-refractivity contribution is -0.137. The van der Waals surface area contributed by atoms with E-state index in [1.54, 1.807) is 6.07 Å². The Morgan fingerprint density at radius 3 is 2.46 bits per heavy atom. The van der Waals surface area contributed by atoms with Crippen molar-refractivity contribution in [2.75, 3.05) is 31.5 Å². The third-order valence-corrected chi connectivity index (χ3v) is 6.26. The zero-order chi connectivity index (χ0) is 20.4. The predicted molar refractivity (Wildman–Crippen MR) is 108 cm³/mol. The summed E-state index contributed by atoms with van der Waals surface area (Å²) in [6.45, 7) is 10.9. The Balaban J connectivity index is 1.80. The Kier molecular flexibility index (Phi) is 6.30. The number of likely N-dealkylation sites (tertiary alicyclic amines) is 1. The Labute approximate surface area is 167 Å². The first-order valence-electron chi connectivity index (χ1n) is 10.5. The molecule has 2 aliphatic rings. The van der Waals surface area contributed by atoms with Crippen LogP contribution in [0.5, 0.6) is 0 Å². The summed E-state index contributed by atoms with van der Waals surface area (Å²) < 4.78 is 39.8.